The summed E-state index contributed by atoms with van der Waals surface area (Å²) in [5.41, 5.74) is 0.294. The van der Waals surface area contributed by atoms with Crippen LogP contribution in [0.4, 0.5) is 13.2 Å². The van der Waals surface area contributed by atoms with Crippen molar-refractivity contribution in [1.82, 2.24) is 0 Å². The zero-order valence-electron chi connectivity index (χ0n) is 15.4. The summed E-state index contributed by atoms with van der Waals surface area (Å²) in [6, 6.07) is 8.67. The molecule has 0 saturated heterocycles. The molecule has 0 bridgehead atoms. The molecule has 0 atom stereocenters. The summed E-state index contributed by atoms with van der Waals surface area (Å²) in [4.78, 5) is 12.7. The minimum atomic E-state index is -4.45. The van der Waals surface area contributed by atoms with Gasteiger partial charge in [0.15, 0.2) is 5.78 Å². The maximum absolute atomic E-state index is 13.1. The van der Waals surface area contributed by atoms with Crippen LogP contribution in [0.15, 0.2) is 45.8 Å². The number of alkyl halides is 3. The monoisotopic (exact) mass is 460 g/mol. The first-order valence-electron chi connectivity index (χ1n) is 8.15. The number of halogens is 4. The Kier molecular flexibility index (Phi) is 6.68. The number of rotatable bonds is 5. The number of Topliss-reactive ketones (excluding diaryl/α,β-unsaturated/α-hetero) is 1. The van der Waals surface area contributed by atoms with Crippen LogP contribution in [0.2, 0.25) is 0 Å². The molecule has 7 heteroatoms. The molecule has 0 spiro atoms. The second-order valence-corrected chi connectivity index (χ2v) is 8.87. The van der Waals surface area contributed by atoms with Gasteiger partial charge in [0, 0.05) is 16.0 Å². The van der Waals surface area contributed by atoms with E-state index in [-0.39, 0.29) is 21.8 Å². The van der Waals surface area contributed by atoms with Crippen LogP contribution in [0.5, 0.6) is 5.75 Å². The first kappa shape index (κ1) is 21.8. The van der Waals surface area contributed by atoms with Crippen LogP contribution >= 0.6 is 27.7 Å². The van der Waals surface area contributed by atoms with E-state index in [0.29, 0.717) is 15.8 Å². The lowest BCUT2D eigenvalue weighted by molar-refractivity contribution is -0.139. The summed E-state index contributed by atoms with van der Waals surface area (Å²) in [6.07, 6.45) is -4.45. The van der Waals surface area contributed by atoms with Gasteiger partial charge in [-0.05, 0) is 45.6 Å². The van der Waals surface area contributed by atoms with Crippen molar-refractivity contribution < 1.29 is 22.7 Å². The quantitative estimate of drug-likeness (QED) is 0.364. The first-order chi connectivity index (χ1) is 12.4. The minimum absolute atomic E-state index is 0.0435. The zero-order valence-corrected chi connectivity index (χ0v) is 17.8. The first-order valence-corrected chi connectivity index (χ1v) is 9.93. The number of carbonyl (C=O) groups is 1. The summed E-state index contributed by atoms with van der Waals surface area (Å²) < 4.78 is 45.4. The molecule has 0 radical (unpaired) electrons. The SMILES string of the molecule is COc1c(Br)cc(C(=O)CSc2ccccc2C(F)(F)F)cc1C(C)(C)C. The van der Waals surface area contributed by atoms with Crippen molar-refractivity contribution in [2.75, 3.05) is 12.9 Å². The van der Waals surface area contributed by atoms with E-state index in [4.69, 9.17) is 4.74 Å². The predicted molar refractivity (Wildman–Crippen MR) is 106 cm³/mol. The van der Waals surface area contributed by atoms with Gasteiger partial charge in [-0.15, -0.1) is 11.8 Å². The van der Waals surface area contributed by atoms with Crippen molar-refractivity contribution in [3.63, 3.8) is 0 Å². The Hall–Kier alpha value is -1.47. The molecule has 27 heavy (non-hydrogen) atoms. The van der Waals surface area contributed by atoms with Crippen molar-refractivity contribution in [3.05, 3.63) is 57.6 Å². The fourth-order valence-corrected chi connectivity index (χ4v) is 4.16. The molecule has 0 amide bonds. The van der Waals surface area contributed by atoms with Gasteiger partial charge < -0.3 is 4.74 Å². The fourth-order valence-electron chi connectivity index (χ4n) is 2.57. The third-order valence-electron chi connectivity index (χ3n) is 3.93. The second kappa shape index (κ2) is 8.27. The standard InChI is InChI=1S/C20H20BrF3O2S/c1-19(2,3)14-9-12(10-15(21)18(14)26-4)16(25)11-27-17-8-6-5-7-13(17)20(22,23)24/h5-10H,11H2,1-4H3. The van der Waals surface area contributed by atoms with E-state index in [2.05, 4.69) is 15.9 Å². The van der Waals surface area contributed by atoms with Gasteiger partial charge in [-0.25, -0.2) is 0 Å². The van der Waals surface area contributed by atoms with Crippen LogP contribution < -0.4 is 4.74 Å². The molecule has 146 valence electrons. The number of thioether (sulfide) groups is 1. The van der Waals surface area contributed by atoms with Crippen LogP contribution in [0.25, 0.3) is 0 Å². The van der Waals surface area contributed by atoms with Crippen molar-refractivity contribution in [2.24, 2.45) is 0 Å². The summed E-state index contributed by atoms with van der Waals surface area (Å²) in [7, 11) is 1.56. The summed E-state index contributed by atoms with van der Waals surface area (Å²) >= 11 is 4.31. The highest BCUT2D eigenvalue weighted by Crippen LogP contribution is 2.39. The summed E-state index contributed by atoms with van der Waals surface area (Å²) in [5.74, 6) is 0.315. The number of carbonyl (C=O) groups excluding carboxylic acids is 1. The van der Waals surface area contributed by atoms with E-state index in [0.717, 1.165) is 23.4 Å². The number of methoxy groups -OCH3 is 1. The summed E-state index contributed by atoms with van der Waals surface area (Å²) in [6.45, 7) is 6.00. The highest BCUT2D eigenvalue weighted by Gasteiger charge is 2.33. The molecule has 0 aromatic heterocycles. The molecule has 0 aliphatic heterocycles. The average Bonchev–Trinajstić information content (AvgIpc) is 2.57. The Morgan fingerprint density at radius 3 is 2.30 bits per heavy atom. The van der Waals surface area contributed by atoms with Crippen molar-refractivity contribution in [3.8, 4) is 5.75 Å². The maximum Gasteiger partial charge on any atom is 0.417 e. The molecule has 0 unspecified atom stereocenters. The van der Waals surface area contributed by atoms with E-state index in [1.165, 1.54) is 18.2 Å². The van der Waals surface area contributed by atoms with Gasteiger partial charge in [0.25, 0.3) is 0 Å². The molecule has 0 aliphatic rings. The molecular weight excluding hydrogens is 441 g/mol. The number of ketones is 1. The Morgan fingerprint density at radius 2 is 1.74 bits per heavy atom. The molecular formula is C20H20BrF3O2S. The topological polar surface area (TPSA) is 26.3 Å². The number of benzene rings is 2. The average molecular weight is 461 g/mol. The lowest BCUT2D eigenvalue weighted by atomic mass is 9.85. The van der Waals surface area contributed by atoms with Crippen LogP contribution in [0.3, 0.4) is 0 Å². The van der Waals surface area contributed by atoms with Gasteiger partial charge >= 0.3 is 6.18 Å². The van der Waals surface area contributed by atoms with Gasteiger partial charge in [0.2, 0.25) is 0 Å². The van der Waals surface area contributed by atoms with Gasteiger partial charge in [0.1, 0.15) is 5.75 Å². The van der Waals surface area contributed by atoms with Crippen LogP contribution in [-0.4, -0.2) is 18.6 Å². The van der Waals surface area contributed by atoms with Gasteiger partial charge in [-0.1, -0.05) is 32.9 Å². The third kappa shape index (κ3) is 5.29. The Morgan fingerprint density at radius 1 is 1.11 bits per heavy atom. The second-order valence-electron chi connectivity index (χ2n) is 6.99. The van der Waals surface area contributed by atoms with E-state index < -0.39 is 11.7 Å². The molecule has 0 aliphatic carbocycles. The van der Waals surface area contributed by atoms with E-state index >= 15 is 0 Å². The van der Waals surface area contributed by atoms with E-state index in [9.17, 15) is 18.0 Å². The largest absolute Gasteiger partial charge is 0.495 e. The minimum Gasteiger partial charge on any atom is -0.495 e. The van der Waals surface area contributed by atoms with Crippen molar-refractivity contribution in [1.29, 1.82) is 0 Å². The molecule has 0 N–H and O–H groups in total. The van der Waals surface area contributed by atoms with Gasteiger partial charge in [0.05, 0.1) is 22.9 Å². The molecule has 0 heterocycles. The Balaban J connectivity index is 2.29. The Labute approximate surface area is 169 Å². The lowest BCUT2D eigenvalue weighted by Gasteiger charge is -2.23. The number of hydrogen-bond donors (Lipinski definition) is 0. The Bertz CT molecular complexity index is 842. The molecule has 0 fully saturated rings. The zero-order chi connectivity index (χ0) is 20.4. The molecule has 2 aromatic rings. The van der Waals surface area contributed by atoms with Crippen LogP contribution in [0, 0.1) is 0 Å². The van der Waals surface area contributed by atoms with Crippen molar-refractivity contribution in [2.45, 2.75) is 37.3 Å². The van der Waals surface area contributed by atoms with Crippen LogP contribution in [-0.2, 0) is 11.6 Å². The molecule has 2 nitrogen and oxygen atoms in total. The predicted octanol–water partition coefficient (Wildman–Crippen LogP) is 6.75. The van der Waals surface area contributed by atoms with Gasteiger partial charge in [-0.3, -0.25) is 4.79 Å². The van der Waals surface area contributed by atoms with E-state index in [1.54, 1.807) is 19.2 Å². The number of ether oxygens (including phenoxy) is 1. The van der Waals surface area contributed by atoms with Crippen molar-refractivity contribution >= 4 is 33.5 Å². The highest BCUT2D eigenvalue weighted by molar-refractivity contribution is 9.10. The third-order valence-corrected chi connectivity index (χ3v) is 5.59. The molecule has 0 saturated carbocycles. The smallest absolute Gasteiger partial charge is 0.417 e. The number of hydrogen-bond acceptors (Lipinski definition) is 3. The highest BCUT2D eigenvalue weighted by atomic mass is 79.9. The van der Waals surface area contributed by atoms with Gasteiger partial charge in [-0.2, -0.15) is 13.2 Å². The molecule has 2 aromatic carbocycles. The summed E-state index contributed by atoms with van der Waals surface area (Å²) in [5, 5.41) is 0. The van der Waals surface area contributed by atoms with E-state index in [1.807, 2.05) is 20.8 Å². The lowest BCUT2D eigenvalue weighted by Crippen LogP contribution is -2.15. The maximum atomic E-state index is 13.1. The normalized spacial score (nSPS) is 12.1. The fraction of sp³-hybridized carbons (Fsp3) is 0.350. The van der Waals surface area contributed by atoms with Crippen LogP contribution in [0.1, 0.15) is 42.3 Å². The molecule has 2 rings (SSSR count).